The SMILES string of the molecule is COc1ccc(CN(C)C)cc1/C=C1/C(=O)Nc2ccccc21. The number of carbonyl (C=O) groups excluding carboxylic acids is 1. The van der Waals surface area contributed by atoms with Crippen LogP contribution in [0, 0.1) is 0 Å². The number of hydrogen-bond acceptors (Lipinski definition) is 3. The van der Waals surface area contributed by atoms with Crippen molar-refractivity contribution in [3.05, 3.63) is 59.2 Å². The number of methoxy groups -OCH3 is 1. The van der Waals surface area contributed by atoms with Gasteiger partial charge in [0.05, 0.1) is 7.11 Å². The number of benzene rings is 2. The van der Waals surface area contributed by atoms with E-state index < -0.39 is 0 Å². The molecular formula is C19H20N2O2. The molecule has 0 atom stereocenters. The van der Waals surface area contributed by atoms with Crippen molar-refractivity contribution < 1.29 is 9.53 Å². The van der Waals surface area contributed by atoms with Crippen LogP contribution in [0.15, 0.2) is 42.5 Å². The molecule has 0 aliphatic carbocycles. The summed E-state index contributed by atoms with van der Waals surface area (Å²) in [4.78, 5) is 14.4. The summed E-state index contributed by atoms with van der Waals surface area (Å²) in [5.74, 6) is 0.684. The molecule has 0 aromatic heterocycles. The Balaban J connectivity index is 2.06. The fraction of sp³-hybridized carbons (Fsp3) is 0.211. The number of anilines is 1. The quantitative estimate of drug-likeness (QED) is 0.882. The monoisotopic (exact) mass is 308 g/mol. The molecule has 2 aromatic rings. The van der Waals surface area contributed by atoms with E-state index in [0.29, 0.717) is 5.57 Å². The van der Waals surface area contributed by atoms with E-state index in [4.69, 9.17) is 4.74 Å². The number of nitrogens with zero attached hydrogens (tertiary/aromatic N) is 1. The maximum atomic E-state index is 12.3. The van der Waals surface area contributed by atoms with Gasteiger partial charge in [-0.05, 0) is 43.9 Å². The van der Waals surface area contributed by atoms with Crippen LogP contribution in [0.5, 0.6) is 5.75 Å². The smallest absolute Gasteiger partial charge is 0.256 e. The topological polar surface area (TPSA) is 41.6 Å². The van der Waals surface area contributed by atoms with Gasteiger partial charge in [-0.2, -0.15) is 0 Å². The van der Waals surface area contributed by atoms with Gasteiger partial charge in [0.2, 0.25) is 0 Å². The van der Waals surface area contributed by atoms with E-state index in [2.05, 4.69) is 16.3 Å². The van der Waals surface area contributed by atoms with Gasteiger partial charge in [0.1, 0.15) is 5.75 Å². The lowest BCUT2D eigenvalue weighted by molar-refractivity contribution is -0.110. The van der Waals surface area contributed by atoms with E-state index in [1.54, 1.807) is 7.11 Å². The van der Waals surface area contributed by atoms with Crippen molar-refractivity contribution in [2.24, 2.45) is 0 Å². The molecule has 3 rings (SSSR count). The highest BCUT2D eigenvalue weighted by Gasteiger charge is 2.23. The number of para-hydroxylation sites is 1. The molecule has 0 radical (unpaired) electrons. The lowest BCUT2D eigenvalue weighted by atomic mass is 10.0. The fourth-order valence-corrected chi connectivity index (χ4v) is 2.80. The van der Waals surface area contributed by atoms with Crippen LogP contribution in [-0.2, 0) is 11.3 Å². The van der Waals surface area contributed by atoms with E-state index in [1.807, 2.05) is 56.6 Å². The second-order valence-electron chi connectivity index (χ2n) is 5.87. The number of carbonyl (C=O) groups is 1. The Morgan fingerprint density at radius 1 is 1.17 bits per heavy atom. The van der Waals surface area contributed by atoms with E-state index in [9.17, 15) is 4.79 Å². The summed E-state index contributed by atoms with van der Waals surface area (Å²) >= 11 is 0. The molecule has 4 heteroatoms. The van der Waals surface area contributed by atoms with Crippen molar-refractivity contribution >= 4 is 23.2 Å². The summed E-state index contributed by atoms with van der Waals surface area (Å²) in [6.07, 6.45) is 1.90. The first-order chi connectivity index (χ1) is 11.1. The second-order valence-corrected chi connectivity index (χ2v) is 5.87. The standard InChI is InChI=1S/C19H20N2O2/c1-21(2)12-13-8-9-18(23-3)14(10-13)11-16-15-6-4-5-7-17(15)20-19(16)22/h4-11H,12H2,1-3H3,(H,20,22)/b16-11+. The molecule has 0 saturated heterocycles. The van der Waals surface area contributed by atoms with Gasteiger partial charge in [0.25, 0.3) is 5.91 Å². The van der Waals surface area contributed by atoms with E-state index in [-0.39, 0.29) is 5.91 Å². The van der Waals surface area contributed by atoms with Crippen molar-refractivity contribution in [1.29, 1.82) is 0 Å². The Labute approximate surface area is 136 Å². The minimum atomic E-state index is -0.0775. The van der Waals surface area contributed by atoms with Crippen LogP contribution in [-0.4, -0.2) is 32.0 Å². The Morgan fingerprint density at radius 3 is 2.70 bits per heavy atom. The lowest BCUT2D eigenvalue weighted by Crippen LogP contribution is -2.10. The van der Waals surface area contributed by atoms with Crippen molar-refractivity contribution in [3.8, 4) is 5.75 Å². The molecule has 1 aliphatic heterocycles. The molecule has 0 unspecified atom stereocenters. The first-order valence-corrected chi connectivity index (χ1v) is 7.52. The van der Waals surface area contributed by atoms with Gasteiger partial charge >= 0.3 is 0 Å². The summed E-state index contributed by atoms with van der Waals surface area (Å²) in [5.41, 5.74) is 4.54. The number of hydrogen-bond donors (Lipinski definition) is 1. The highest BCUT2D eigenvalue weighted by atomic mass is 16.5. The molecule has 1 amide bonds. The second kappa shape index (κ2) is 6.26. The Morgan fingerprint density at radius 2 is 1.96 bits per heavy atom. The van der Waals surface area contributed by atoms with Gasteiger partial charge in [-0.3, -0.25) is 4.79 Å². The van der Waals surface area contributed by atoms with Gasteiger partial charge in [0.15, 0.2) is 0 Å². The first-order valence-electron chi connectivity index (χ1n) is 7.52. The number of nitrogens with one attached hydrogen (secondary N) is 1. The zero-order valence-corrected chi connectivity index (χ0v) is 13.6. The van der Waals surface area contributed by atoms with Crippen LogP contribution in [0.1, 0.15) is 16.7 Å². The van der Waals surface area contributed by atoms with Crippen LogP contribution in [0.25, 0.3) is 11.6 Å². The minimum Gasteiger partial charge on any atom is -0.496 e. The maximum absolute atomic E-state index is 12.3. The molecule has 1 N–H and O–H groups in total. The van der Waals surface area contributed by atoms with Crippen LogP contribution >= 0.6 is 0 Å². The predicted octanol–water partition coefficient (Wildman–Crippen LogP) is 3.25. The molecule has 1 heterocycles. The third kappa shape index (κ3) is 3.12. The van der Waals surface area contributed by atoms with Gasteiger partial charge in [0, 0.05) is 28.9 Å². The molecule has 23 heavy (non-hydrogen) atoms. The Bertz CT molecular complexity index is 779. The highest BCUT2D eigenvalue weighted by molar-refractivity contribution is 6.35. The maximum Gasteiger partial charge on any atom is 0.256 e. The molecular weight excluding hydrogens is 288 g/mol. The summed E-state index contributed by atoms with van der Waals surface area (Å²) in [6, 6.07) is 13.8. The zero-order valence-electron chi connectivity index (χ0n) is 13.6. The van der Waals surface area contributed by atoms with Crippen molar-refractivity contribution in [2.45, 2.75) is 6.54 Å². The molecule has 0 fully saturated rings. The lowest BCUT2D eigenvalue weighted by Gasteiger charge is -2.12. The molecule has 0 spiro atoms. The summed E-state index contributed by atoms with van der Waals surface area (Å²) in [7, 11) is 5.71. The average molecular weight is 308 g/mol. The fourth-order valence-electron chi connectivity index (χ4n) is 2.80. The average Bonchev–Trinajstić information content (AvgIpc) is 2.83. The van der Waals surface area contributed by atoms with Gasteiger partial charge in [-0.15, -0.1) is 0 Å². The zero-order chi connectivity index (χ0) is 16.4. The van der Waals surface area contributed by atoms with E-state index >= 15 is 0 Å². The molecule has 118 valence electrons. The van der Waals surface area contributed by atoms with Crippen molar-refractivity contribution in [1.82, 2.24) is 4.90 Å². The molecule has 0 bridgehead atoms. The van der Waals surface area contributed by atoms with Crippen LogP contribution in [0.3, 0.4) is 0 Å². The van der Waals surface area contributed by atoms with Crippen LogP contribution < -0.4 is 10.1 Å². The van der Waals surface area contributed by atoms with Gasteiger partial charge in [-0.1, -0.05) is 24.3 Å². The minimum absolute atomic E-state index is 0.0775. The third-order valence-corrected chi connectivity index (χ3v) is 3.80. The number of rotatable bonds is 4. The molecule has 0 saturated carbocycles. The number of ether oxygens (including phenoxy) is 1. The molecule has 1 aliphatic rings. The van der Waals surface area contributed by atoms with Crippen LogP contribution in [0.4, 0.5) is 5.69 Å². The van der Waals surface area contributed by atoms with Crippen molar-refractivity contribution in [3.63, 3.8) is 0 Å². The largest absolute Gasteiger partial charge is 0.496 e. The number of amides is 1. The Kier molecular flexibility index (Phi) is 4.17. The van der Waals surface area contributed by atoms with Crippen LogP contribution in [0.2, 0.25) is 0 Å². The first kappa shape index (κ1) is 15.3. The number of fused-ring (bicyclic) bond motifs is 1. The molecule has 4 nitrogen and oxygen atoms in total. The third-order valence-electron chi connectivity index (χ3n) is 3.80. The van der Waals surface area contributed by atoms with Crippen molar-refractivity contribution in [2.75, 3.05) is 26.5 Å². The summed E-state index contributed by atoms with van der Waals surface area (Å²) < 4.78 is 5.45. The van der Waals surface area contributed by atoms with E-state index in [0.717, 1.165) is 29.1 Å². The highest BCUT2D eigenvalue weighted by Crippen LogP contribution is 2.34. The Hall–Kier alpha value is -2.59. The van der Waals surface area contributed by atoms with Gasteiger partial charge in [-0.25, -0.2) is 0 Å². The van der Waals surface area contributed by atoms with E-state index in [1.165, 1.54) is 5.56 Å². The molecule has 2 aromatic carbocycles. The summed E-state index contributed by atoms with van der Waals surface area (Å²) in [6.45, 7) is 0.836. The normalized spacial score (nSPS) is 15.0. The summed E-state index contributed by atoms with van der Waals surface area (Å²) in [5, 5.41) is 2.90. The predicted molar refractivity (Wildman–Crippen MR) is 93.3 cm³/mol. The van der Waals surface area contributed by atoms with Gasteiger partial charge < -0.3 is 15.0 Å².